The van der Waals surface area contributed by atoms with Gasteiger partial charge in [-0.05, 0) is 36.7 Å². The summed E-state index contributed by atoms with van der Waals surface area (Å²) in [5, 5.41) is 13.2. The van der Waals surface area contributed by atoms with Crippen LogP contribution in [0.5, 0.6) is 0 Å². The molecule has 1 saturated heterocycles. The highest BCUT2D eigenvalue weighted by atomic mass is 32.1. The van der Waals surface area contributed by atoms with Crippen molar-refractivity contribution in [3.63, 3.8) is 0 Å². The molecule has 1 atom stereocenters. The summed E-state index contributed by atoms with van der Waals surface area (Å²) >= 11 is 5.76. The lowest BCUT2D eigenvalue weighted by Gasteiger charge is -2.37. The monoisotopic (exact) mass is 392 g/mol. The zero-order valence-corrected chi connectivity index (χ0v) is 17.3. The van der Waals surface area contributed by atoms with Gasteiger partial charge in [0.05, 0.1) is 12.1 Å². The maximum atomic E-state index is 8.76. The van der Waals surface area contributed by atoms with Crippen LogP contribution in [-0.2, 0) is 6.42 Å². The first kappa shape index (κ1) is 20.3. The number of nitrogens with zero attached hydrogens (tertiary/aromatic N) is 3. The second kappa shape index (κ2) is 10.2. The molecule has 1 heterocycles. The molecule has 0 aliphatic carbocycles. The molecule has 5 heteroatoms. The van der Waals surface area contributed by atoms with Gasteiger partial charge in [-0.25, -0.2) is 0 Å². The van der Waals surface area contributed by atoms with Crippen LogP contribution >= 0.6 is 12.2 Å². The Morgan fingerprint density at radius 1 is 1.11 bits per heavy atom. The van der Waals surface area contributed by atoms with E-state index in [2.05, 4.69) is 76.6 Å². The zero-order chi connectivity index (χ0) is 19.8. The Morgan fingerprint density at radius 2 is 1.86 bits per heavy atom. The summed E-state index contributed by atoms with van der Waals surface area (Å²) in [5.41, 5.74) is 3.84. The normalized spacial score (nSPS) is 15.6. The van der Waals surface area contributed by atoms with E-state index in [0.717, 1.165) is 44.3 Å². The van der Waals surface area contributed by atoms with Gasteiger partial charge in [-0.3, -0.25) is 4.90 Å². The largest absolute Gasteiger partial charge is 0.355 e. The van der Waals surface area contributed by atoms with Gasteiger partial charge in [-0.1, -0.05) is 60.2 Å². The van der Waals surface area contributed by atoms with Crippen molar-refractivity contribution < 1.29 is 0 Å². The topological polar surface area (TPSA) is 42.3 Å². The standard InChI is InChI=1S/C23H28N4S/c1-19-7-5-8-20(17-19)18-22(21-9-3-2-4-10-21)25-23(28)27-15-13-26(14-16-27)12-6-11-24/h2-5,7-10,17,22H,6,12-16,18H2,1H3,(H,25,28). The average Bonchev–Trinajstić information content (AvgIpc) is 2.73. The van der Waals surface area contributed by atoms with Crippen LogP contribution in [0.1, 0.15) is 29.2 Å². The molecule has 1 aliphatic rings. The minimum atomic E-state index is 0.145. The number of nitrogens with one attached hydrogen (secondary N) is 1. The van der Waals surface area contributed by atoms with Crippen LogP contribution in [-0.4, -0.2) is 47.6 Å². The van der Waals surface area contributed by atoms with Crippen LogP contribution in [0.3, 0.4) is 0 Å². The van der Waals surface area contributed by atoms with Gasteiger partial charge in [0.2, 0.25) is 0 Å². The van der Waals surface area contributed by atoms with Gasteiger partial charge < -0.3 is 10.2 Å². The van der Waals surface area contributed by atoms with Crippen molar-refractivity contribution in [1.29, 1.82) is 5.26 Å². The first-order valence-corrected chi connectivity index (χ1v) is 10.3. The van der Waals surface area contributed by atoms with Gasteiger partial charge in [-0.2, -0.15) is 5.26 Å². The van der Waals surface area contributed by atoms with Gasteiger partial charge >= 0.3 is 0 Å². The molecule has 0 saturated carbocycles. The number of hydrogen-bond acceptors (Lipinski definition) is 3. The Kier molecular flexibility index (Phi) is 7.41. The summed E-state index contributed by atoms with van der Waals surface area (Å²) in [7, 11) is 0. The summed E-state index contributed by atoms with van der Waals surface area (Å²) in [5.74, 6) is 0. The van der Waals surface area contributed by atoms with E-state index in [1.807, 2.05) is 6.07 Å². The van der Waals surface area contributed by atoms with Crippen LogP contribution in [0.25, 0.3) is 0 Å². The van der Waals surface area contributed by atoms with Crippen LogP contribution in [0.4, 0.5) is 0 Å². The van der Waals surface area contributed by atoms with Gasteiger partial charge in [0.25, 0.3) is 0 Å². The van der Waals surface area contributed by atoms with E-state index < -0.39 is 0 Å². The molecular weight excluding hydrogens is 364 g/mol. The van der Waals surface area contributed by atoms with E-state index in [0.29, 0.717) is 6.42 Å². The Hall–Kier alpha value is -2.42. The van der Waals surface area contributed by atoms with Crippen LogP contribution in [0.15, 0.2) is 54.6 Å². The van der Waals surface area contributed by atoms with Crippen LogP contribution in [0.2, 0.25) is 0 Å². The van der Waals surface area contributed by atoms with Crippen LogP contribution in [0, 0.1) is 18.3 Å². The van der Waals surface area contributed by atoms with Crippen molar-refractivity contribution in [2.45, 2.75) is 25.8 Å². The Morgan fingerprint density at radius 3 is 2.54 bits per heavy atom. The van der Waals surface area contributed by atoms with E-state index in [4.69, 9.17) is 17.5 Å². The Balaban J connectivity index is 1.64. The lowest BCUT2D eigenvalue weighted by molar-refractivity contribution is 0.183. The molecule has 1 unspecified atom stereocenters. The van der Waals surface area contributed by atoms with Crippen molar-refractivity contribution in [1.82, 2.24) is 15.1 Å². The minimum Gasteiger partial charge on any atom is -0.355 e. The Bertz CT molecular complexity index is 807. The summed E-state index contributed by atoms with van der Waals surface area (Å²) < 4.78 is 0. The van der Waals surface area contributed by atoms with E-state index in [9.17, 15) is 0 Å². The molecule has 3 rings (SSSR count). The molecule has 146 valence electrons. The minimum absolute atomic E-state index is 0.145. The number of nitriles is 1. The molecule has 4 nitrogen and oxygen atoms in total. The molecule has 1 N–H and O–H groups in total. The van der Waals surface area contributed by atoms with E-state index in [1.165, 1.54) is 16.7 Å². The molecule has 0 aromatic heterocycles. The molecule has 2 aromatic rings. The molecule has 28 heavy (non-hydrogen) atoms. The average molecular weight is 393 g/mol. The van der Waals surface area contributed by atoms with Crippen molar-refractivity contribution in [2.75, 3.05) is 32.7 Å². The predicted octanol–water partition coefficient (Wildman–Crippen LogP) is 3.68. The van der Waals surface area contributed by atoms with Gasteiger partial charge in [0, 0.05) is 39.1 Å². The van der Waals surface area contributed by atoms with Crippen molar-refractivity contribution in [3.8, 4) is 6.07 Å². The summed E-state index contributed by atoms with van der Waals surface area (Å²) in [4.78, 5) is 4.59. The fourth-order valence-electron chi connectivity index (χ4n) is 3.64. The van der Waals surface area contributed by atoms with Crippen molar-refractivity contribution in [3.05, 3.63) is 71.3 Å². The number of piperazine rings is 1. The zero-order valence-electron chi connectivity index (χ0n) is 16.5. The molecule has 0 radical (unpaired) electrons. The molecule has 1 aliphatic heterocycles. The predicted molar refractivity (Wildman–Crippen MR) is 118 cm³/mol. The summed E-state index contributed by atoms with van der Waals surface area (Å²) in [6, 6.07) is 21.6. The maximum Gasteiger partial charge on any atom is 0.169 e. The number of benzene rings is 2. The second-order valence-electron chi connectivity index (χ2n) is 7.34. The van der Waals surface area contributed by atoms with E-state index in [1.54, 1.807) is 0 Å². The van der Waals surface area contributed by atoms with Gasteiger partial charge in [0.1, 0.15) is 0 Å². The first-order chi connectivity index (χ1) is 13.7. The van der Waals surface area contributed by atoms with Crippen LogP contribution < -0.4 is 5.32 Å². The molecular formula is C23H28N4S. The quantitative estimate of drug-likeness (QED) is 0.760. The molecule has 0 spiro atoms. The molecule has 0 bridgehead atoms. The summed E-state index contributed by atoms with van der Waals surface area (Å²) in [6.07, 6.45) is 1.49. The third kappa shape index (κ3) is 5.79. The molecule has 2 aromatic carbocycles. The maximum absolute atomic E-state index is 8.76. The lowest BCUT2D eigenvalue weighted by atomic mass is 9.98. The summed E-state index contributed by atoms with van der Waals surface area (Å²) in [6.45, 7) is 6.70. The van der Waals surface area contributed by atoms with E-state index in [-0.39, 0.29) is 6.04 Å². The highest BCUT2D eigenvalue weighted by Crippen LogP contribution is 2.20. The smallest absolute Gasteiger partial charge is 0.169 e. The Labute approximate surface area is 173 Å². The number of thiocarbonyl (C=S) groups is 1. The number of hydrogen-bond donors (Lipinski definition) is 1. The lowest BCUT2D eigenvalue weighted by Crippen LogP contribution is -2.52. The highest BCUT2D eigenvalue weighted by molar-refractivity contribution is 7.80. The van der Waals surface area contributed by atoms with Gasteiger partial charge in [0.15, 0.2) is 5.11 Å². The van der Waals surface area contributed by atoms with Crippen molar-refractivity contribution >= 4 is 17.3 Å². The number of rotatable bonds is 6. The third-order valence-corrected chi connectivity index (χ3v) is 5.60. The third-order valence-electron chi connectivity index (χ3n) is 5.22. The highest BCUT2D eigenvalue weighted by Gasteiger charge is 2.21. The fourth-order valence-corrected chi connectivity index (χ4v) is 3.96. The SMILES string of the molecule is Cc1cccc(CC(NC(=S)N2CCN(CCC#N)CC2)c2ccccc2)c1. The van der Waals surface area contributed by atoms with E-state index >= 15 is 0 Å². The second-order valence-corrected chi connectivity index (χ2v) is 7.73. The molecule has 1 fully saturated rings. The van der Waals surface area contributed by atoms with Crippen molar-refractivity contribution in [2.24, 2.45) is 0 Å². The van der Waals surface area contributed by atoms with Gasteiger partial charge in [-0.15, -0.1) is 0 Å². The fraction of sp³-hybridized carbons (Fsp3) is 0.391. The number of aryl methyl sites for hydroxylation is 1. The molecule has 0 amide bonds. The first-order valence-electron chi connectivity index (χ1n) is 9.91.